The molecule has 1 fully saturated rings. The average Bonchev–Trinajstić information content (AvgIpc) is 2.28. The molecule has 2 N–H and O–H groups in total. The highest BCUT2D eigenvalue weighted by Gasteiger charge is 2.27. The van der Waals surface area contributed by atoms with Crippen molar-refractivity contribution < 1.29 is 0 Å². The predicted octanol–water partition coefficient (Wildman–Crippen LogP) is 2.69. The van der Waals surface area contributed by atoms with E-state index in [1.54, 1.807) is 0 Å². The van der Waals surface area contributed by atoms with Crippen molar-refractivity contribution in [2.75, 3.05) is 19.6 Å². The first-order valence-electron chi connectivity index (χ1n) is 6.85. The van der Waals surface area contributed by atoms with Crippen LogP contribution in [0.4, 0.5) is 0 Å². The third-order valence-electron chi connectivity index (χ3n) is 4.19. The first-order chi connectivity index (χ1) is 7.68. The molecule has 2 nitrogen and oxygen atoms in total. The molecule has 0 amide bonds. The van der Waals surface area contributed by atoms with Crippen LogP contribution in [0.15, 0.2) is 11.6 Å². The topological polar surface area (TPSA) is 29.3 Å². The summed E-state index contributed by atoms with van der Waals surface area (Å²) in [6.45, 7) is 5.83. The van der Waals surface area contributed by atoms with Crippen LogP contribution in [0.5, 0.6) is 0 Å². The molecule has 2 rings (SSSR count). The van der Waals surface area contributed by atoms with Crippen LogP contribution in [-0.4, -0.2) is 30.1 Å². The van der Waals surface area contributed by atoms with Crippen LogP contribution in [0.25, 0.3) is 0 Å². The zero-order valence-electron chi connectivity index (χ0n) is 10.7. The molecule has 0 radical (unpaired) electrons. The van der Waals surface area contributed by atoms with Gasteiger partial charge >= 0.3 is 0 Å². The summed E-state index contributed by atoms with van der Waals surface area (Å²) in [5.41, 5.74) is 8.16. The van der Waals surface area contributed by atoms with Crippen molar-refractivity contribution in [3.63, 3.8) is 0 Å². The Morgan fingerprint density at radius 3 is 2.75 bits per heavy atom. The summed E-state index contributed by atoms with van der Waals surface area (Å²) in [4.78, 5) is 2.57. The number of nitrogens with zero attached hydrogens (tertiary/aromatic N) is 1. The number of hydrogen-bond acceptors (Lipinski definition) is 2. The van der Waals surface area contributed by atoms with E-state index in [4.69, 9.17) is 5.73 Å². The van der Waals surface area contributed by atoms with Crippen molar-refractivity contribution >= 4 is 0 Å². The lowest BCUT2D eigenvalue weighted by molar-refractivity contribution is 0.214. The largest absolute Gasteiger partial charge is 0.325 e. The molecule has 0 spiro atoms. The summed E-state index contributed by atoms with van der Waals surface area (Å²) in [6.07, 6.45) is 11.4. The molecule has 0 atom stereocenters. The van der Waals surface area contributed by atoms with E-state index < -0.39 is 0 Å². The van der Waals surface area contributed by atoms with Crippen molar-refractivity contribution in [2.24, 2.45) is 5.73 Å². The van der Waals surface area contributed by atoms with Crippen molar-refractivity contribution in [3.8, 4) is 0 Å². The van der Waals surface area contributed by atoms with Gasteiger partial charge in [-0.05, 0) is 32.6 Å². The molecule has 0 unspecified atom stereocenters. The molecule has 0 aromatic rings. The standard InChI is InChI=1S/C14H26N2/c1-13-6-5-10-16(12-13)11-9-14(15)7-3-2-4-8-14/h6H,2-5,7-12,15H2,1H3. The zero-order valence-corrected chi connectivity index (χ0v) is 10.7. The van der Waals surface area contributed by atoms with Gasteiger partial charge in [0.25, 0.3) is 0 Å². The Bertz CT molecular complexity index is 251. The Kier molecular flexibility index (Phi) is 4.04. The van der Waals surface area contributed by atoms with Crippen LogP contribution in [-0.2, 0) is 0 Å². The highest BCUT2D eigenvalue weighted by atomic mass is 15.1. The fourth-order valence-corrected chi connectivity index (χ4v) is 3.07. The highest BCUT2D eigenvalue weighted by molar-refractivity contribution is 5.04. The molecule has 16 heavy (non-hydrogen) atoms. The maximum Gasteiger partial charge on any atom is 0.0190 e. The Morgan fingerprint density at radius 1 is 1.31 bits per heavy atom. The van der Waals surface area contributed by atoms with Crippen LogP contribution < -0.4 is 5.73 Å². The van der Waals surface area contributed by atoms with Crippen molar-refractivity contribution in [1.29, 1.82) is 0 Å². The molecular formula is C14H26N2. The molecule has 2 aliphatic rings. The lowest BCUT2D eigenvalue weighted by Gasteiger charge is -2.36. The highest BCUT2D eigenvalue weighted by Crippen LogP contribution is 2.29. The molecule has 0 aromatic carbocycles. The molecule has 0 aromatic heterocycles. The Balaban J connectivity index is 1.76. The van der Waals surface area contributed by atoms with Gasteiger partial charge in [0.1, 0.15) is 0 Å². The molecule has 0 saturated heterocycles. The van der Waals surface area contributed by atoms with E-state index >= 15 is 0 Å². The second-order valence-electron chi connectivity index (χ2n) is 5.79. The second-order valence-corrected chi connectivity index (χ2v) is 5.79. The third-order valence-corrected chi connectivity index (χ3v) is 4.19. The lowest BCUT2D eigenvalue weighted by Crippen LogP contribution is -2.45. The summed E-state index contributed by atoms with van der Waals surface area (Å²) in [6, 6.07) is 0. The Morgan fingerprint density at radius 2 is 2.06 bits per heavy atom. The number of hydrogen-bond donors (Lipinski definition) is 1. The molecule has 92 valence electrons. The van der Waals surface area contributed by atoms with Crippen molar-refractivity contribution in [2.45, 2.75) is 57.4 Å². The van der Waals surface area contributed by atoms with Gasteiger partial charge in [-0.15, -0.1) is 0 Å². The van der Waals surface area contributed by atoms with Crippen LogP contribution in [0, 0.1) is 0 Å². The summed E-state index contributed by atoms with van der Waals surface area (Å²) in [5, 5.41) is 0. The van der Waals surface area contributed by atoms with Gasteiger partial charge in [0.15, 0.2) is 0 Å². The molecule has 1 aliphatic heterocycles. The number of rotatable bonds is 3. The van der Waals surface area contributed by atoms with Gasteiger partial charge in [0.2, 0.25) is 0 Å². The molecule has 0 bridgehead atoms. The van der Waals surface area contributed by atoms with Gasteiger partial charge in [-0.1, -0.05) is 30.9 Å². The molecular weight excluding hydrogens is 196 g/mol. The summed E-state index contributed by atoms with van der Waals surface area (Å²) in [5.74, 6) is 0. The smallest absolute Gasteiger partial charge is 0.0190 e. The van der Waals surface area contributed by atoms with E-state index in [0.717, 1.165) is 6.54 Å². The van der Waals surface area contributed by atoms with Gasteiger partial charge in [-0.2, -0.15) is 0 Å². The molecule has 1 heterocycles. The normalized spacial score (nSPS) is 26.5. The Labute approximate surface area is 99.9 Å². The van der Waals surface area contributed by atoms with E-state index in [-0.39, 0.29) is 5.54 Å². The Hall–Kier alpha value is -0.340. The van der Waals surface area contributed by atoms with E-state index in [1.807, 2.05) is 0 Å². The first kappa shape index (κ1) is 12.1. The third kappa shape index (κ3) is 3.33. The molecule has 1 aliphatic carbocycles. The average molecular weight is 222 g/mol. The number of nitrogens with two attached hydrogens (primary N) is 1. The van der Waals surface area contributed by atoms with E-state index in [9.17, 15) is 0 Å². The van der Waals surface area contributed by atoms with E-state index in [1.165, 1.54) is 63.6 Å². The van der Waals surface area contributed by atoms with Crippen molar-refractivity contribution in [1.82, 2.24) is 4.90 Å². The summed E-state index contributed by atoms with van der Waals surface area (Å²) in [7, 11) is 0. The lowest BCUT2D eigenvalue weighted by atomic mass is 9.80. The monoisotopic (exact) mass is 222 g/mol. The van der Waals surface area contributed by atoms with E-state index in [2.05, 4.69) is 17.9 Å². The minimum Gasteiger partial charge on any atom is -0.325 e. The predicted molar refractivity (Wildman–Crippen MR) is 69.4 cm³/mol. The van der Waals surface area contributed by atoms with Gasteiger partial charge in [0.05, 0.1) is 0 Å². The van der Waals surface area contributed by atoms with Crippen LogP contribution in [0.1, 0.15) is 51.9 Å². The van der Waals surface area contributed by atoms with Crippen LogP contribution >= 0.6 is 0 Å². The van der Waals surface area contributed by atoms with Gasteiger partial charge < -0.3 is 5.73 Å². The van der Waals surface area contributed by atoms with Crippen LogP contribution in [0.3, 0.4) is 0 Å². The fraction of sp³-hybridized carbons (Fsp3) is 0.857. The minimum atomic E-state index is 0.160. The summed E-state index contributed by atoms with van der Waals surface area (Å²) >= 11 is 0. The quantitative estimate of drug-likeness (QED) is 0.744. The minimum absolute atomic E-state index is 0.160. The van der Waals surface area contributed by atoms with Gasteiger partial charge in [-0.3, -0.25) is 4.90 Å². The molecule has 1 saturated carbocycles. The van der Waals surface area contributed by atoms with E-state index in [0.29, 0.717) is 0 Å². The van der Waals surface area contributed by atoms with Gasteiger partial charge in [-0.25, -0.2) is 0 Å². The zero-order chi connectivity index (χ0) is 11.4. The van der Waals surface area contributed by atoms with Crippen molar-refractivity contribution in [3.05, 3.63) is 11.6 Å². The maximum atomic E-state index is 6.47. The fourth-order valence-electron chi connectivity index (χ4n) is 3.07. The second kappa shape index (κ2) is 5.33. The van der Waals surface area contributed by atoms with Gasteiger partial charge in [0, 0.05) is 25.2 Å². The van der Waals surface area contributed by atoms with Crippen LogP contribution in [0.2, 0.25) is 0 Å². The maximum absolute atomic E-state index is 6.47. The molecule has 2 heteroatoms. The first-order valence-corrected chi connectivity index (χ1v) is 6.85. The summed E-state index contributed by atoms with van der Waals surface area (Å²) < 4.78 is 0. The SMILES string of the molecule is CC1=CCCN(CCC2(N)CCCCC2)C1.